The number of nitrogens with one attached hydrogen (secondary N) is 1. The van der Waals surface area contributed by atoms with Gasteiger partial charge in [0.2, 0.25) is 0 Å². The first-order valence-electron chi connectivity index (χ1n) is 6.46. The average molecular weight is 289 g/mol. The number of benzene rings is 1. The third-order valence-electron chi connectivity index (χ3n) is 3.13. The molecule has 0 fully saturated rings. The van der Waals surface area contributed by atoms with Crippen molar-refractivity contribution in [2.45, 2.75) is 26.4 Å². The first-order chi connectivity index (χ1) is 9.60. The van der Waals surface area contributed by atoms with Crippen LogP contribution in [0.15, 0.2) is 41.6 Å². The third-order valence-corrected chi connectivity index (χ3v) is 4.31. The Morgan fingerprint density at radius 3 is 2.85 bits per heavy atom. The molecule has 4 nitrogen and oxygen atoms in total. The maximum atomic E-state index is 8.70. The van der Waals surface area contributed by atoms with Crippen LogP contribution in [-0.4, -0.2) is 11.0 Å². The van der Waals surface area contributed by atoms with E-state index in [1.54, 1.807) is 0 Å². The molecule has 0 amide bonds. The minimum Gasteiger partial charge on any atom is -0.409 e. The van der Waals surface area contributed by atoms with Gasteiger partial charge in [0.05, 0.1) is 0 Å². The zero-order valence-corrected chi connectivity index (χ0v) is 12.4. The number of oxime groups is 1. The van der Waals surface area contributed by atoms with Gasteiger partial charge in [0.1, 0.15) is 0 Å². The van der Waals surface area contributed by atoms with Gasteiger partial charge in [-0.2, -0.15) is 0 Å². The molecule has 4 N–H and O–H groups in total. The Hall–Kier alpha value is -1.85. The van der Waals surface area contributed by atoms with E-state index in [9.17, 15) is 0 Å². The summed E-state index contributed by atoms with van der Waals surface area (Å²) in [5.74, 6) is 0.133. The normalized spacial score (nSPS) is 13.4. The van der Waals surface area contributed by atoms with Gasteiger partial charge in [-0.3, -0.25) is 0 Å². The van der Waals surface area contributed by atoms with Crippen molar-refractivity contribution in [3.8, 4) is 0 Å². The average Bonchev–Trinajstić information content (AvgIpc) is 2.91. The fraction of sp³-hybridized carbons (Fsp3) is 0.267. The summed E-state index contributed by atoms with van der Waals surface area (Å²) in [7, 11) is 0. The number of rotatable bonds is 5. The molecule has 1 unspecified atom stereocenters. The van der Waals surface area contributed by atoms with Gasteiger partial charge in [0.25, 0.3) is 0 Å². The number of nitrogens with zero attached hydrogens (tertiary/aromatic N) is 1. The zero-order chi connectivity index (χ0) is 14.5. The largest absolute Gasteiger partial charge is 0.409 e. The highest BCUT2D eigenvalue weighted by Crippen LogP contribution is 2.22. The van der Waals surface area contributed by atoms with Crippen LogP contribution in [0.25, 0.3) is 0 Å². The SMILES string of the molecule is Cc1ccc(C(C)NCc2cccc(C(N)=NO)c2)s1. The predicted octanol–water partition coefficient (Wildman–Crippen LogP) is 3.00. The molecule has 5 heteroatoms. The van der Waals surface area contributed by atoms with E-state index < -0.39 is 0 Å². The fourth-order valence-electron chi connectivity index (χ4n) is 1.96. The Morgan fingerprint density at radius 2 is 2.20 bits per heavy atom. The molecule has 0 bridgehead atoms. The summed E-state index contributed by atoms with van der Waals surface area (Å²) >= 11 is 1.81. The maximum Gasteiger partial charge on any atom is 0.170 e. The molecule has 0 radical (unpaired) electrons. The van der Waals surface area contributed by atoms with Gasteiger partial charge in [0, 0.05) is 27.9 Å². The molecule has 0 saturated heterocycles. The van der Waals surface area contributed by atoms with Crippen LogP contribution in [-0.2, 0) is 6.54 Å². The Bertz CT molecular complexity index is 607. The second-order valence-electron chi connectivity index (χ2n) is 4.74. The fourth-order valence-corrected chi connectivity index (χ4v) is 2.86. The van der Waals surface area contributed by atoms with Crippen molar-refractivity contribution in [3.63, 3.8) is 0 Å². The van der Waals surface area contributed by atoms with E-state index in [2.05, 4.69) is 36.5 Å². The molecule has 0 spiro atoms. The van der Waals surface area contributed by atoms with E-state index in [0.29, 0.717) is 6.04 Å². The minimum atomic E-state index is 0.133. The molecular formula is C15H19N3OS. The first-order valence-corrected chi connectivity index (χ1v) is 7.28. The first kappa shape index (κ1) is 14.6. The molecule has 1 atom stereocenters. The minimum absolute atomic E-state index is 0.133. The van der Waals surface area contributed by atoms with E-state index in [0.717, 1.165) is 17.7 Å². The Labute approximate surface area is 122 Å². The lowest BCUT2D eigenvalue weighted by Gasteiger charge is -2.12. The summed E-state index contributed by atoms with van der Waals surface area (Å²) in [6.45, 7) is 5.00. The standard InChI is InChI=1S/C15H19N3OS/c1-10-6-7-14(20-10)11(2)17-9-12-4-3-5-13(8-12)15(16)18-19/h3-8,11,17,19H,9H2,1-2H3,(H2,16,18). The summed E-state index contributed by atoms with van der Waals surface area (Å²) in [5.41, 5.74) is 7.43. The molecule has 0 saturated carbocycles. The van der Waals surface area contributed by atoms with Crippen LogP contribution in [0, 0.1) is 6.92 Å². The number of thiophene rings is 1. The van der Waals surface area contributed by atoms with E-state index in [-0.39, 0.29) is 5.84 Å². The molecule has 2 aromatic rings. The van der Waals surface area contributed by atoms with E-state index in [1.165, 1.54) is 9.75 Å². The van der Waals surface area contributed by atoms with Crippen LogP contribution < -0.4 is 11.1 Å². The zero-order valence-electron chi connectivity index (χ0n) is 11.6. The lowest BCUT2D eigenvalue weighted by atomic mass is 10.1. The van der Waals surface area contributed by atoms with Crippen LogP contribution >= 0.6 is 11.3 Å². The highest BCUT2D eigenvalue weighted by Gasteiger charge is 2.07. The van der Waals surface area contributed by atoms with E-state index >= 15 is 0 Å². The van der Waals surface area contributed by atoms with Crippen LogP contribution in [0.5, 0.6) is 0 Å². The molecular weight excluding hydrogens is 270 g/mol. The molecule has 0 aliphatic rings. The molecule has 2 rings (SSSR count). The smallest absolute Gasteiger partial charge is 0.170 e. The number of hydrogen-bond donors (Lipinski definition) is 3. The molecule has 106 valence electrons. The van der Waals surface area contributed by atoms with Crippen LogP contribution in [0.3, 0.4) is 0 Å². The number of amidine groups is 1. The van der Waals surface area contributed by atoms with Crippen molar-refractivity contribution >= 4 is 17.2 Å². The Kier molecular flexibility index (Phi) is 4.76. The van der Waals surface area contributed by atoms with Crippen molar-refractivity contribution in [1.29, 1.82) is 0 Å². The molecule has 20 heavy (non-hydrogen) atoms. The lowest BCUT2D eigenvalue weighted by Crippen LogP contribution is -2.18. The number of aryl methyl sites for hydroxylation is 1. The molecule has 0 aliphatic heterocycles. The molecule has 1 aromatic heterocycles. The lowest BCUT2D eigenvalue weighted by molar-refractivity contribution is 0.318. The van der Waals surface area contributed by atoms with Crippen molar-refractivity contribution < 1.29 is 5.21 Å². The summed E-state index contributed by atoms with van der Waals surface area (Å²) < 4.78 is 0. The summed E-state index contributed by atoms with van der Waals surface area (Å²) in [4.78, 5) is 2.65. The van der Waals surface area contributed by atoms with Gasteiger partial charge >= 0.3 is 0 Å². The Morgan fingerprint density at radius 1 is 1.40 bits per heavy atom. The third kappa shape index (κ3) is 3.59. The molecule has 1 heterocycles. The highest BCUT2D eigenvalue weighted by molar-refractivity contribution is 7.12. The maximum absolute atomic E-state index is 8.70. The van der Waals surface area contributed by atoms with Gasteiger partial charge in [-0.05, 0) is 37.6 Å². The van der Waals surface area contributed by atoms with Crippen molar-refractivity contribution in [2.75, 3.05) is 0 Å². The van der Waals surface area contributed by atoms with E-state index in [4.69, 9.17) is 10.9 Å². The van der Waals surface area contributed by atoms with E-state index in [1.807, 2.05) is 35.6 Å². The molecule has 1 aromatic carbocycles. The summed E-state index contributed by atoms with van der Waals surface area (Å²) in [5, 5.41) is 15.2. The monoisotopic (exact) mass is 289 g/mol. The van der Waals surface area contributed by atoms with Crippen LogP contribution in [0.1, 0.15) is 33.8 Å². The van der Waals surface area contributed by atoms with Crippen molar-refractivity contribution in [1.82, 2.24) is 5.32 Å². The van der Waals surface area contributed by atoms with Crippen molar-refractivity contribution in [3.05, 3.63) is 57.3 Å². The van der Waals surface area contributed by atoms with Gasteiger partial charge < -0.3 is 16.3 Å². The van der Waals surface area contributed by atoms with Gasteiger partial charge in [0.15, 0.2) is 5.84 Å². The summed E-state index contributed by atoms with van der Waals surface area (Å²) in [6.07, 6.45) is 0. The number of nitrogens with two attached hydrogens (primary N) is 1. The summed E-state index contributed by atoms with van der Waals surface area (Å²) in [6, 6.07) is 12.3. The molecule has 0 aliphatic carbocycles. The second-order valence-corrected chi connectivity index (χ2v) is 6.06. The van der Waals surface area contributed by atoms with Gasteiger partial charge in [-0.1, -0.05) is 23.4 Å². The van der Waals surface area contributed by atoms with Gasteiger partial charge in [-0.25, -0.2) is 0 Å². The van der Waals surface area contributed by atoms with Crippen LogP contribution in [0.2, 0.25) is 0 Å². The quantitative estimate of drug-likeness (QED) is 0.343. The Balaban J connectivity index is 2.00. The predicted molar refractivity (Wildman–Crippen MR) is 83.3 cm³/mol. The van der Waals surface area contributed by atoms with Crippen LogP contribution in [0.4, 0.5) is 0 Å². The van der Waals surface area contributed by atoms with Crippen molar-refractivity contribution in [2.24, 2.45) is 10.9 Å². The second kappa shape index (κ2) is 6.54. The number of hydrogen-bond acceptors (Lipinski definition) is 4. The van der Waals surface area contributed by atoms with Gasteiger partial charge in [-0.15, -0.1) is 11.3 Å². The topological polar surface area (TPSA) is 70.6 Å². The highest BCUT2D eigenvalue weighted by atomic mass is 32.1.